The van der Waals surface area contributed by atoms with Crippen LogP contribution in [0.25, 0.3) is 0 Å². The summed E-state index contributed by atoms with van der Waals surface area (Å²) in [4.78, 5) is 16.1. The number of carbonyl (C=O) groups excluding carboxylic acids is 1. The van der Waals surface area contributed by atoms with Gasteiger partial charge in [0.05, 0.1) is 11.1 Å². The summed E-state index contributed by atoms with van der Waals surface area (Å²) in [5.74, 6) is 0.923. The van der Waals surface area contributed by atoms with Crippen LogP contribution in [0.1, 0.15) is 6.92 Å². The number of nitrogens with zero attached hydrogens (tertiary/aromatic N) is 2. The number of thioether (sulfide) groups is 1. The topological polar surface area (TPSA) is 23.6 Å². The number of hydrogen-bond donors (Lipinski definition) is 0. The second-order valence-corrected chi connectivity index (χ2v) is 6.92. The van der Waals surface area contributed by atoms with Gasteiger partial charge in [0, 0.05) is 10.2 Å². The SMILES string of the molecule is CC1SCC2C(=O)N(c3ccc(Br)cc3)C(=S)N12. The molecule has 0 aliphatic carbocycles. The number of halogens is 1. The molecule has 1 aromatic carbocycles. The molecule has 0 bridgehead atoms. The molecule has 2 fully saturated rings. The Morgan fingerprint density at radius 3 is 2.67 bits per heavy atom. The highest BCUT2D eigenvalue weighted by Gasteiger charge is 2.48. The van der Waals surface area contributed by atoms with E-state index in [0.717, 1.165) is 15.9 Å². The highest BCUT2D eigenvalue weighted by Crippen LogP contribution is 2.37. The zero-order valence-corrected chi connectivity index (χ0v) is 12.9. The Hall–Kier alpha value is -0.590. The fraction of sp³-hybridized carbons (Fsp3) is 0.333. The van der Waals surface area contributed by atoms with Gasteiger partial charge < -0.3 is 4.90 Å². The quantitative estimate of drug-likeness (QED) is 0.732. The zero-order chi connectivity index (χ0) is 12.9. The molecule has 2 aliphatic rings. The Labute approximate surface area is 124 Å². The first-order chi connectivity index (χ1) is 8.59. The molecule has 2 saturated heterocycles. The summed E-state index contributed by atoms with van der Waals surface area (Å²) in [6.07, 6.45) is 0. The largest absolute Gasteiger partial charge is 0.324 e. The van der Waals surface area contributed by atoms with E-state index < -0.39 is 0 Å². The van der Waals surface area contributed by atoms with Crippen molar-refractivity contribution in [3.05, 3.63) is 28.7 Å². The Kier molecular flexibility index (Phi) is 3.11. The van der Waals surface area contributed by atoms with Crippen LogP contribution in [0.5, 0.6) is 0 Å². The van der Waals surface area contributed by atoms with Gasteiger partial charge in [-0.2, -0.15) is 0 Å². The van der Waals surface area contributed by atoms with E-state index >= 15 is 0 Å². The molecule has 1 amide bonds. The van der Waals surface area contributed by atoms with Gasteiger partial charge in [-0.1, -0.05) is 15.9 Å². The maximum Gasteiger partial charge on any atom is 0.257 e. The number of anilines is 1. The molecule has 2 unspecified atom stereocenters. The van der Waals surface area contributed by atoms with Gasteiger partial charge in [-0.3, -0.25) is 9.69 Å². The van der Waals surface area contributed by atoms with E-state index in [1.807, 2.05) is 29.2 Å². The standard InChI is InChI=1S/C12H11BrN2OS2/c1-7-14-10(6-18-7)11(16)15(12(14)17)9-4-2-8(13)3-5-9/h2-5,7,10H,6H2,1H3. The average Bonchev–Trinajstić information content (AvgIpc) is 2.83. The predicted molar refractivity (Wildman–Crippen MR) is 81.8 cm³/mol. The molecular weight excluding hydrogens is 332 g/mol. The van der Waals surface area contributed by atoms with Crippen molar-refractivity contribution in [2.45, 2.75) is 18.3 Å². The van der Waals surface area contributed by atoms with Crippen molar-refractivity contribution in [1.29, 1.82) is 0 Å². The molecule has 94 valence electrons. The molecule has 0 radical (unpaired) electrons. The van der Waals surface area contributed by atoms with E-state index in [1.54, 1.807) is 16.7 Å². The third-order valence-electron chi connectivity index (χ3n) is 3.23. The third-order valence-corrected chi connectivity index (χ3v) is 5.37. The van der Waals surface area contributed by atoms with Gasteiger partial charge >= 0.3 is 0 Å². The summed E-state index contributed by atoms with van der Waals surface area (Å²) < 4.78 is 0.994. The summed E-state index contributed by atoms with van der Waals surface area (Å²) >= 11 is 10.6. The minimum atomic E-state index is -0.0823. The number of fused-ring (bicyclic) bond motifs is 1. The van der Waals surface area contributed by atoms with Crippen molar-refractivity contribution in [3.63, 3.8) is 0 Å². The Bertz CT molecular complexity index is 519. The van der Waals surface area contributed by atoms with Crippen LogP contribution in [0, 0.1) is 0 Å². The van der Waals surface area contributed by atoms with Gasteiger partial charge in [0.2, 0.25) is 0 Å². The second kappa shape index (κ2) is 4.51. The predicted octanol–water partition coefficient (Wildman–Crippen LogP) is 2.84. The minimum absolute atomic E-state index is 0.0823. The molecule has 1 aromatic rings. The van der Waals surface area contributed by atoms with E-state index in [0.29, 0.717) is 5.11 Å². The summed E-state index contributed by atoms with van der Waals surface area (Å²) in [6, 6.07) is 7.59. The van der Waals surface area contributed by atoms with E-state index in [-0.39, 0.29) is 17.3 Å². The van der Waals surface area contributed by atoms with Gasteiger partial charge in [0.1, 0.15) is 6.04 Å². The van der Waals surface area contributed by atoms with Gasteiger partial charge in [-0.15, -0.1) is 11.8 Å². The number of amides is 1. The van der Waals surface area contributed by atoms with E-state index in [1.165, 1.54) is 0 Å². The van der Waals surface area contributed by atoms with Crippen LogP contribution >= 0.6 is 39.9 Å². The van der Waals surface area contributed by atoms with Crippen molar-refractivity contribution in [2.24, 2.45) is 0 Å². The molecule has 2 atom stereocenters. The molecular formula is C12H11BrN2OS2. The number of benzene rings is 1. The first-order valence-corrected chi connectivity index (χ1v) is 7.88. The smallest absolute Gasteiger partial charge is 0.257 e. The van der Waals surface area contributed by atoms with Crippen molar-refractivity contribution < 1.29 is 4.79 Å². The summed E-state index contributed by atoms with van der Waals surface area (Å²) in [5, 5.41) is 0.914. The number of hydrogen-bond acceptors (Lipinski definition) is 3. The number of rotatable bonds is 1. The van der Waals surface area contributed by atoms with Gasteiger partial charge in [-0.05, 0) is 43.4 Å². The Morgan fingerprint density at radius 1 is 1.39 bits per heavy atom. The van der Waals surface area contributed by atoms with Crippen LogP contribution in [0.2, 0.25) is 0 Å². The molecule has 3 nitrogen and oxygen atoms in total. The van der Waals surface area contributed by atoms with Crippen LogP contribution in [-0.2, 0) is 4.79 Å². The molecule has 2 heterocycles. The minimum Gasteiger partial charge on any atom is -0.324 e. The Balaban J connectivity index is 1.97. The van der Waals surface area contributed by atoms with Gasteiger partial charge in [0.15, 0.2) is 5.11 Å². The van der Waals surface area contributed by atoms with E-state index in [4.69, 9.17) is 12.2 Å². The Morgan fingerprint density at radius 2 is 2.06 bits per heavy atom. The van der Waals surface area contributed by atoms with Crippen LogP contribution < -0.4 is 4.90 Å². The van der Waals surface area contributed by atoms with Gasteiger partial charge in [-0.25, -0.2) is 0 Å². The highest BCUT2D eigenvalue weighted by atomic mass is 79.9. The maximum absolute atomic E-state index is 12.4. The van der Waals surface area contributed by atoms with Crippen molar-refractivity contribution in [2.75, 3.05) is 10.7 Å². The van der Waals surface area contributed by atoms with Crippen LogP contribution in [0.3, 0.4) is 0 Å². The molecule has 2 aliphatic heterocycles. The lowest BCUT2D eigenvalue weighted by Gasteiger charge is -2.22. The van der Waals surface area contributed by atoms with Crippen LogP contribution in [-0.4, -0.2) is 33.1 Å². The fourth-order valence-corrected chi connectivity index (χ4v) is 4.29. The average molecular weight is 343 g/mol. The van der Waals surface area contributed by atoms with Crippen molar-refractivity contribution in [3.8, 4) is 0 Å². The second-order valence-electron chi connectivity index (χ2n) is 4.29. The zero-order valence-electron chi connectivity index (χ0n) is 9.67. The van der Waals surface area contributed by atoms with Crippen LogP contribution in [0.4, 0.5) is 5.69 Å². The molecule has 0 saturated carbocycles. The molecule has 3 rings (SSSR count). The molecule has 6 heteroatoms. The number of carbonyl (C=O) groups is 1. The first kappa shape index (κ1) is 12.4. The summed E-state index contributed by atoms with van der Waals surface area (Å²) in [6.45, 7) is 2.09. The monoisotopic (exact) mass is 342 g/mol. The molecule has 0 spiro atoms. The summed E-state index contributed by atoms with van der Waals surface area (Å²) in [5.41, 5.74) is 0.847. The lowest BCUT2D eigenvalue weighted by atomic mass is 10.2. The number of thiocarbonyl (C=S) groups is 1. The van der Waals surface area contributed by atoms with Crippen molar-refractivity contribution in [1.82, 2.24) is 4.90 Å². The van der Waals surface area contributed by atoms with E-state index in [9.17, 15) is 4.79 Å². The van der Waals surface area contributed by atoms with Crippen LogP contribution in [0.15, 0.2) is 28.7 Å². The fourth-order valence-electron chi connectivity index (χ4n) is 2.31. The lowest BCUT2D eigenvalue weighted by Crippen LogP contribution is -2.35. The van der Waals surface area contributed by atoms with Gasteiger partial charge in [0.25, 0.3) is 5.91 Å². The maximum atomic E-state index is 12.4. The summed E-state index contributed by atoms with van der Waals surface area (Å²) in [7, 11) is 0. The highest BCUT2D eigenvalue weighted by molar-refractivity contribution is 9.10. The normalized spacial score (nSPS) is 27.0. The third kappa shape index (κ3) is 1.78. The lowest BCUT2D eigenvalue weighted by molar-refractivity contribution is -0.119. The molecule has 18 heavy (non-hydrogen) atoms. The van der Waals surface area contributed by atoms with Crippen molar-refractivity contribution >= 4 is 56.6 Å². The first-order valence-electron chi connectivity index (χ1n) is 5.63. The van der Waals surface area contributed by atoms with E-state index in [2.05, 4.69) is 22.9 Å². The molecule has 0 aromatic heterocycles. The molecule has 0 N–H and O–H groups in total.